The molecule has 112 valence electrons. The van der Waals surface area contributed by atoms with Gasteiger partial charge in [-0.15, -0.1) is 6.42 Å². The lowest BCUT2D eigenvalue weighted by Crippen LogP contribution is -3.21. The maximum absolute atomic E-state index is 5.65. The molecule has 3 heteroatoms. The molecule has 0 radical (unpaired) electrons. The van der Waals surface area contributed by atoms with Gasteiger partial charge in [-0.1, -0.05) is 5.92 Å². The highest BCUT2D eigenvalue weighted by Crippen LogP contribution is 2.25. The predicted molar refractivity (Wildman–Crippen MR) is 83.0 cm³/mol. The average molecular weight is 286 g/mol. The molecular weight excluding hydrogens is 260 g/mol. The van der Waals surface area contributed by atoms with Crippen LogP contribution in [0.3, 0.4) is 0 Å². The minimum absolute atomic E-state index is 0.534. The van der Waals surface area contributed by atoms with Crippen LogP contribution in [0.5, 0.6) is 5.75 Å². The van der Waals surface area contributed by atoms with Crippen LogP contribution in [0.25, 0.3) is 0 Å². The molecule has 0 saturated carbocycles. The number of rotatable bonds is 5. The fourth-order valence-corrected chi connectivity index (χ4v) is 3.98. The van der Waals surface area contributed by atoms with Gasteiger partial charge in [0, 0.05) is 18.4 Å². The van der Waals surface area contributed by atoms with Gasteiger partial charge >= 0.3 is 0 Å². The first-order valence-electron chi connectivity index (χ1n) is 8.05. The van der Waals surface area contributed by atoms with E-state index in [0.717, 1.165) is 24.3 Å². The second kappa shape index (κ2) is 6.51. The van der Waals surface area contributed by atoms with E-state index in [1.54, 1.807) is 12.0 Å². The van der Waals surface area contributed by atoms with Gasteiger partial charge in [-0.2, -0.15) is 0 Å². The lowest BCUT2D eigenvalue weighted by Gasteiger charge is -2.44. The lowest BCUT2D eigenvalue weighted by molar-refractivity contribution is -0.958. The highest BCUT2D eigenvalue weighted by atomic mass is 16.5. The summed E-state index contributed by atoms with van der Waals surface area (Å²) in [5, 5.41) is 2.45. The molecule has 3 N–H and O–H groups in total. The Hall–Kier alpha value is -1.50. The van der Waals surface area contributed by atoms with Crippen molar-refractivity contribution in [3.63, 3.8) is 0 Å². The monoisotopic (exact) mass is 286 g/mol. The summed E-state index contributed by atoms with van der Waals surface area (Å²) >= 11 is 0. The summed E-state index contributed by atoms with van der Waals surface area (Å²) in [4.78, 5) is 1.74. The standard InChI is InChI=1S/C18H24N2O/c1-3-15-13-20-9-8-16(15)10-17(20)12-19-11-14-4-6-18(21-2)7-5-14/h1,4-7,15-17,19H,8-13H2,2H3/p+2/t15-,16-,17+/m0/s1. The molecule has 21 heavy (non-hydrogen) atoms. The van der Waals surface area contributed by atoms with E-state index in [2.05, 4.69) is 23.4 Å². The summed E-state index contributed by atoms with van der Waals surface area (Å²) < 4.78 is 5.19. The van der Waals surface area contributed by atoms with Crippen LogP contribution in [-0.2, 0) is 6.54 Å². The Morgan fingerprint density at radius 3 is 2.81 bits per heavy atom. The Balaban J connectivity index is 1.47. The first kappa shape index (κ1) is 14.4. The number of piperidine rings is 3. The van der Waals surface area contributed by atoms with E-state index in [9.17, 15) is 0 Å². The number of nitrogens with one attached hydrogen (secondary N) is 1. The van der Waals surface area contributed by atoms with Crippen LogP contribution < -0.4 is 15.0 Å². The first-order valence-corrected chi connectivity index (χ1v) is 8.05. The van der Waals surface area contributed by atoms with Gasteiger partial charge in [0.1, 0.15) is 24.9 Å². The van der Waals surface area contributed by atoms with Gasteiger partial charge in [0.05, 0.1) is 26.1 Å². The van der Waals surface area contributed by atoms with Gasteiger partial charge in [0.15, 0.2) is 0 Å². The number of hydrogen-bond donors (Lipinski definition) is 2. The topological polar surface area (TPSA) is 30.3 Å². The molecule has 0 amide bonds. The second-order valence-electron chi connectivity index (χ2n) is 6.44. The van der Waals surface area contributed by atoms with Crippen LogP contribution in [0.15, 0.2) is 24.3 Å². The summed E-state index contributed by atoms with van der Waals surface area (Å²) in [6.07, 6.45) is 8.31. The smallest absolute Gasteiger partial charge is 0.137 e. The molecule has 3 heterocycles. The van der Waals surface area contributed by atoms with Crippen molar-refractivity contribution < 1.29 is 15.0 Å². The molecule has 0 aromatic heterocycles. The van der Waals surface area contributed by atoms with E-state index in [-0.39, 0.29) is 0 Å². The molecule has 0 spiro atoms. The summed E-state index contributed by atoms with van der Waals surface area (Å²) in [5.41, 5.74) is 1.36. The molecule has 2 bridgehead atoms. The van der Waals surface area contributed by atoms with Crippen LogP contribution in [-0.4, -0.2) is 32.8 Å². The normalized spacial score (nSPS) is 30.9. The van der Waals surface area contributed by atoms with Crippen molar-refractivity contribution in [1.29, 1.82) is 0 Å². The third-order valence-electron chi connectivity index (χ3n) is 5.26. The van der Waals surface area contributed by atoms with E-state index in [0.29, 0.717) is 5.92 Å². The maximum Gasteiger partial charge on any atom is 0.137 e. The molecule has 3 fully saturated rings. The highest BCUT2D eigenvalue weighted by Gasteiger charge is 2.43. The van der Waals surface area contributed by atoms with Gasteiger partial charge in [0.2, 0.25) is 0 Å². The number of nitrogens with two attached hydrogens (primary N) is 1. The van der Waals surface area contributed by atoms with E-state index < -0.39 is 0 Å². The van der Waals surface area contributed by atoms with Crippen molar-refractivity contribution in [3.05, 3.63) is 29.8 Å². The number of benzene rings is 1. The van der Waals surface area contributed by atoms with E-state index in [1.807, 2.05) is 12.1 Å². The lowest BCUT2D eigenvalue weighted by atomic mass is 9.76. The Bertz CT molecular complexity index is 505. The summed E-state index contributed by atoms with van der Waals surface area (Å²) in [5.74, 6) is 5.25. The largest absolute Gasteiger partial charge is 0.497 e. The number of hydrogen-bond acceptors (Lipinski definition) is 1. The molecule has 1 unspecified atom stereocenters. The fraction of sp³-hybridized carbons (Fsp3) is 0.556. The van der Waals surface area contributed by atoms with E-state index in [1.165, 1.54) is 38.0 Å². The van der Waals surface area contributed by atoms with Crippen LogP contribution in [0.1, 0.15) is 18.4 Å². The zero-order valence-electron chi connectivity index (χ0n) is 12.8. The third-order valence-corrected chi connectivity index (χ3v) is 5.26. The van der Waals surface area contributed by atoms with Crippen molar-refractivity contribution in [2.45, 2.75) is 25.4 Å². The summed E-state index contributed by atoms with van der Waals surface area (Å²) in [7, 11) is 1.71. The minimum Gasteiger partial charge on any atom is -0.497 e. The van der Waals surface area contributed by atoms with Crippen LogP contribution in [0.4, 0.5) is 0 Å². The summed E-state index contributed by atoms with van der Waals surface area (Å²) in [6, 6.07) is 9.19. The van der Waals surface area contributed by atoms with Gasteiger partial charge in [-0.05, 0) is 30.2 Å². The zero-order valence-corrected chi connectivity index (χ0v) is 12.8. The molecule has 3 nitrogen and oxygen atoms in total. The Kier molecular flexibility index (Phi) is 4.48. The predicted octanol–water partition coefficient (Wildman–Crippen LogP) is -0.315. The number of ether oxygens (including phenoxy) is 1. The van der Waals surface area contributed by atoms with Crippen molar-refractivity contribution in [3.8, 4) is 18.1 Å². The first-order chi connectivity index (χ1) is 10.3. The van der Waals surface area contributed by atoms with Crippen molar-refractivity contribution in [2.24, 2.45) is 11.8 Å². The van der Waals surface area contributed by atoms with E-state index >= 15 is 0 Å². The van der Waals surface area contributed by atoms with Crippen LogP contribution >= 0.6 is 0 Å². The molecule has 1 aromatic rings. The molecule has 0 aliphatic carbocycles. The van der Waals surface area contributed by atoms with Crippen molar-refractivity contribution >= 4 is 0 Å². The number of methoxy groups -OCH3 is 1. The minimum atomic E-state index is 0.534. The van der Waals surface area contributed by atoms with Crippen molar-refractivity contribution in [1.82, 2.24) is 0 Å². The van der Waals surface area contributed by atoms with E-state index in [4.69, 9.17) is 11.2 Å². The number of fused-ring (bicyclic) bond motifs is 3. The van der Waals surface area contributed by atoms with Gasteiger partial charge < -0.3 is 15.0 Å². The van der Waals surface area contributed by atoms with Crippen molar-refractivity contribution in [2.75, 3.05) is 26.7 Å². The second-order valence-corrected chi connectivity index (χ2v) is 6.44. The molecule has 3 aliphatic heterocycles. The van der Waals surface area contributed by atoms with Gasteiger partial charge in [-0.3, -0.25) is 0 Å². The van der Waals surface area contributed by atoms with Crippen LogP contribution in [0.2, 0.25) is 0 Å². The summed E-state index contributed by atoms with van der Waals surface area (Å²) in [6.45, 7) is 4.79. The molecule has 3 aliphatic rings. The fourth-order valence-electron chi connectivity index (χ4n) is 3.98. The van der Waals surface area contributed by atoms with Gasteiger partial charge in [-0.25, -0.2) is 0 Å². The van der Waals surface area contributed by atoms with Crippen LogP contribution in [0, 0.1) is 24.2 Å². The molecule has 3 saturated heterocycles. The SMILES string of the molecule is C#C[C@H]1C[NH+]2CC[C@H]1C[C@@H]2C[NH2+]Cc1ccc(OC)cc1. The Morgan fingerprint density at radius 2 is 2.19 bits per heavy atom. The highest BCUT2D eigenvalue weighted by molar-refractivity contribution is 5.26. The molecule has 4 rings (SSSR count). The molecule has 4 atom stereocenters. The Morgan fingerprint density at radius 1 is 1.38 bits per heavy atom. The quantitative estimate of drug-likeness (QED) is 0.715. The zero-order chi connectivity index (χ0) is 14.7. The maximum atomic E-state index is 5.65. The molecule has 1 aromatic carbocycles. The third kappa shape index (κ3) is 3.23. The average Bonchev–Trinajstić information content (AvgIpc) is 2.56. The van der Waals surface area contributed by atoms with Gasteiger partial charge in [0.25, 0.3) is 0 Å². The molecular formula is C18H26N2O+2. The number of terminal acetylenes is 1. The number of quaternary nitrogens is 2. The Labute approximate surface area is 127 Å².